The highest BCUT2D eigenvalue weighted by Crippen LogP contribution is 2.16. The van der Waals surface area contributed by atoms with Crippen LogP contribution in [-0.4, -0.2) is 29.0 Å². The SMILES string of the molecule is Cc1cc(C(=O)c2ccc(S(=O)(=O)Cl)[nH]2)nn1C. The van der Waals surface area contributed by atoms with Gasteiger partial charge >= 0.3 is 0 Å². The molecule has 0 radical (unpaired) electrons. The molecule has 18 heavy (non-hydrogen) atoms. The Kier molecular flexibility index (Phi) is 3.04. The Morgan fingerprint density at radius 2 is 2.11 bits per heavy atom. The second-order valence-corrected chi connectivity index (χ2v) is 6.33. The largest absolute Gasteiger partial charge is 0.342 e. The van der Waals surface area contributed by atoms with Crippen LogP contribution >= 0.6 is 10.7 Å². The van der Waals surface area contributed by atoms with Gasteiger partial charge in [-0.2, -0.15) is 5.10 Å². The van der Waals surface area contributed by atoms with E-state index in [0.29, 0.717) is 0 Å². The van der Waals surface area contributed by atoms with Gasteiger partial charge in [-0.1, -0.05) is 0 Å². The van der Waals surface area contributed by atoms with Crippen LogP contribution in [0.25, 0.3) is 0 Å². The molecule has 2 heterocycles. The Morgan fingerprint density at radius 3 is 2.56 bits per heavy atom. The first-order valence-electron chi connectivity index (χ1n) is 4.98. The van der Waals surface area contributed by atoms with Crippen LogP contribution in [0.4, 0.5) is 0 Å². The van der Waals surface area contributed by atoms with Crippen molar-refractivity contribution in [2.45, 2.75) is 11.9 Å². The molecule has 0 fully saturated rings. The van der Waals surface area contributed by atoms with E-state index in [9.17, 15) is 13.2 Å². The number of carbonyl (C=O) groups excluding carboxylic acids is 1. The molecule has 0 aliphatic rings. The number of carbonyl (C=O) groups is 1. The van der Waals surface area contributed by atoms with Crippen LogP contribution in [0.5, 0.6) is 0 Å². The molecule has 96 valence electrons. The summed E-state index contributed by atoms with van der Waals surface area (Å²) in [7, 11) is 3.02. The molecule has 0 spiro atoms. The van der Waals surface area contributed by atoms with E-state index in [1.165, 1.54) is 12.1 Å². The number of hydrogen-bond donors (Lipinski definition) is 1. The van der Waals surface area contributed by atoms with Crippen LogP contribution in [0.15, 0.2) is 23.2 Å². The van der Waals surface area contributed by atoms with Gasteiger partial charge in [0.25, 0.3) is 9.05 Å². The van der Waals surface area contributed by atoms with Gasteiger partial charge < -0.3 is 4.98 Å². The van der Waals surface area contributed by atoms with Crippen LogP contribution < -0.4 is 0 Å². The predicted molar refractivity (Wildman–Crippen MR) is 65.2 cm³/mol. The third-order valence-corrected chi connectivity index (χ3v) is 3.78. The molecule has 0 bridgehead atoms. The molecule has 2 aromatic rings. The summed E-state index contributed by atoms with van der Waals surface area (Å²) in [5, 5.41) is 3.81. The van der Waals surface area contributed by atoms with Crippen molar-refractivity contribution in [3.05, 3.63) is 35.3 Å². The van der Waals surface area contributed by atoms with Crippen LogP contribution in [0.2, 0.25) is 0 Å². The fourth-order valence-corrected chi connectivity index (χ4v) is 2.19. The van der Waals surface area contributed by atoms with E-state index in [1.807, 2.05) is 6.92 Å². The second-order valence-electron chi connectivity index (χ2n) is 3.80. The summed E-state index contributed by atoms with van der Waals surface area (Å²) in [4.78, 5) is 14.5. The zero-order chi connectivity index (χ0) is 13.5. The normalized spacial score (nSPS) is 11.7. The van der Waals surface area contributed by atoms with Crippen molar-refractivity contribution in [2.75, 3.05) is 0 Å². The Labute approximate surface area is 108 Å². The summed E-state index contributed by atoms with van der Waals surface area (Å²) in [6, 6.07) is 4.23. The number of aryl methyl sites for hydroxylation is 2. The molecule has 0 aliphatic carbocycles. The molecule has 2 aromatic heterocycles. The highest BCUT2D eigenvalue weighted by molar-refractivity contribution is 8.13. The zero-order valence-electron chi connectivity index (χ0n) is 9.64. The number of aromatic nitrogens is 3. The highest BCUT2D eigenvalue weighted by Gasteiger charge is 2.18. The van der Waals surface area contributed by atoms with Gasteiger partial charge in [0.05, 0.1) is 5.69 Å². The van der Waals surface area contributed by atoms with E-state index in [2.05, 4.69) is 10.1 Å². The Morgan fingerprint density at radius 1 is 1.44 bits per heavy atom. The quantitative estimate of drug-likeness (QED) is 0.679. The van der Waals surface area contributed by atoms with Crippen LogP contribution in [0.1, 0.15) is 21.9 Å². The van der Waals surface area contributed by atoms with E-state index in [1.54, 1.807) is 17.8 Å². The van der Waals surface area contributed by atoms with Crippen molar-refractivity contribution in [3.63, 3.8) is 0 Å². The van der Waals surface area contributed by atoms with Gasteiger partial charge in [0.15, 0.2) is 0 Å². The molecule has 0 atom stereocenters. The summed E-state index contributed by atoms with van der Waals surface area (Å²) in [5.41, 5.74) is 1.21. The van der Waals surface area contributed by atoms with Crippen LogP contribution in [-0.2, 0) is 16.1 Å². The topological polar surface area (TPSA) is 84.8 Å². The molecular formula is C10H10ClN3O3S. The molecule has 0 unspecified atom stereocenters. The summed E-state index contributed by atoms with van der Waals surface area (Å²) < 4.78 is 23.7. The maximum absolute atomic E-state index is 12.0. The molecule has 0 saturated heterocycles. The lowest BCUT2D eigenvalue weighted by molar-refractivity contribution is 0.102. The minimum absolute atomic E-state index is 0.132. The van der Waals surface area contributed by atoms with Crippen molar-refractivity contribution < 1.29 is 13.2 Å². The maximum atomic E-state index is 12.0. The minimum Gasteiger partial charge on any atom is -0.342 e. The first kappa shape index (κ1) is 12.8. The molecule has 0 aliphatic heterocycles. The van der Waals surface area contributed by atoms with Crippen molar-refractivity contribution in [1.82, 2.24) is 14.8 Å². The van der Waals surface area contributed by atoms with Crippen LogP contribution in [0, 0.1) is 6.92 Å². The van der Waals surface area contributed by atoms with Gasteiger partial charge in [-0.05, 0) is 25.1 Å². The van der Waals surface area contributed by atoms with Gasteiger partial charge in [0.2, 0.25) is 5.78 Å². The van der Waals surface area contributed by atoms with E-state index >= 15 is 0 Å². The number of rotatable bonds is 3. The third-order valence-electron chi connectivity index (χ3n) is 2.51. The van der Waals surface area contributed by atoms with Crippen molar-refractivity contribution in [3.8, 4) is 0 Å². The smallest absolute Gasteiger partial charge is 0.276 e. The number of ketones is 1. The minimum atomic E-state index is -3.86. The van der Waals surface area contributed by atoms with Crippen LogP contribution in [0.3, 0.4) is 0 Å². The lowest BCUT2D eigenvalue weighted by Crippen LogP contribution is -2.04. The Bertz CT molecular complexity index is 695. The van der Waals surface area contributed by atoms with Crippen molar-refractivity contribution in [2.24, 2.45) is 7.05 Å². The Hall–Kier alpha value is -1.60. The number of nitrogens with one attached hydrogen (secondary N) is 1. The van der Waals surface area contributed by atoms with Gasteiger partial charge in [0, 0.05) is 23.4 Å². The van der Waals surface area contributed by atoms with Crippen molar-refractivity contribution in [1.29, 1.82) is 0 Å². The summed E-state index contributed by atoms with van der Waals surface area (Å²) in [6.45, 7) is 1.81. The number of hydrogen-bond acceptors (Lipinski definition) is 4. The van der Waals surface area contributed by atoms with Gasteiger partial charge in [-0.3, -0.25) is 9.48 Å². The lowest BCUT2D eigenvalue weighted by atomic mass is 10.2. The fraction of sp³-hybridized carbons (Fsp3) is 0.200. The average molecular weight is 288 g/mol. The molecule has 2 rings (SSSR count). The molecule has 6 nitrogen and oxygen atoms in total. The predicted octanol–water partition coefficient (Wildman–Crippen LogP) is 1.22. The summed E-state index contributed by atoms with van der Waals surface area (Å²) in [6.07, 6.45) is 0. The molecule has 0 aromatic carbocycles. The average Bonchev–Trinajstić information content (AvgIpc) is 2.85. The maximum Gasteiger partial charge on any atom is 0.276 e. The van der Waals surface area contributed by atoms with Gasteiger partial charge in [-0.15, -0.1) is 0 Å². The number of halogens is 1. The third kappa shape index (κ3) is 2.32. The fourth-order valence-electron chi connectivity index (χ4n) is 1.46. The summed E-state index contributed by atoms with van der Waals surface area (Å²) in [5.74, 6) is -0.384. The summed E-state index contributed by atoms with van der Waals surface area (Å²) >= 11 is 0. The number of aromatic amines is 1. The number of nitrogens with zero attached hydrogens (tertiary/aromatic N) is 2. The highest BCUT2D eigenvalue weighted by atomic mass is 35.7. The zero-order valence-corrected chi connectivity index (χ0v) is 11.2. The van der Waals surface area contributed by atoms with E-state index in [0.717, 1.165) is 5.69 Å². The van der Waals surface area contributed by atoms with E-state index in [-0.39, 0.29) is 22.2 Å². The Balaban J connectivity index is 2.38. The molecular weight excluding hydrogens is 278 g/mol. The lowest BCUT2D eigenvalue weighted by Gasteiger charge is -1.93. The monoisotopic (exact) mass is 287 g/mol. The number of H-pyrrole nitrogens is 1. The first-order chi connectivity index (χ1) is 8.29. The molecule has 0 amide bonds. The van der Waals surface area contributed by atoms with E-state index < -0.39 is 9.05 Å². The van der Waals surface area contributed by atoms with Gasteiger partial charge in [-0.25, -0.2) is 8.42 Å². The first-order valence-corrected chi connectivity index (χ1v) is 7.29. The standard InChI is InChI=1S/C10H10ClN3O3S/c1-6-5-8(13-14(6)2)10(15)7-3-4-9(12-7)18(11,16)17/h3-5,12H,1-2H3. The van der Waals surface area contributed by atoms with Crippen molar-refractivity contribution >= 4 is 25.5 Å². The molecule has 1 N–H and O–H groups in total. The molecule has 0 saturated carbocycles. The van der Waals surface area contributed by atoms with Gasteiger partial charge in [0.1, 0.15) is 10.7 Å². The molecule has 8 heteroatoms. The second kappa shape index (κ2) is 4.25. The van der Waals surface area contributed by atoms with E-state index in [4.69, 9.17) is 10.7 Å².